The fourth-order valence-electron chi connectivity index (χ4n) is 3.07. The van der Waals surface area contributed by atoms with Gasteiger partial charge in [-0.3, -0.25) is 9.59 Å². The molecule has 0 saturated carbocycles. The lowest BCUT2D eigenvalue weighted by molar-refractivity contribution is -0.131. The Bertz CT molecular complexity index is 696. The maximum Gasteiger partial charge on any atom is 0.227 e. The second kappa shape index (κ2) is 6.96. The first-order valence-electron chi connectivity index (χ1n) is 7.77. The van der Waals surface area contributed by atoms with Gasteiger partial charge in [0.05, 0.1) is 11.3 Å². The van der Waals surface area contributed by atoms with E-state index >= 15 is 0 Å². The average Bonchev–Trinajstić information content (AvgIpc) is 3.18. The number of nitrogens with zero attached hydrogens (tertiary/aromatic N) is 1. The van der Waals surface area contributed by atoms with Gasteiger partial charge in [-0.1, -0.05) is 18.2 Å². The molecule has 0 aliphatic carbocycles. The van der Waals surface area contributed by atoms with E-state index in [4.69, 9.17) is 0 Å². The Labute approximate surface area is 139 Å². The SMILES string of the molecule is O=C(CC1CCCN1C(=O)Cc1cccc(O)c1)c1cccs1. The number of hydrogen-bond donors (Lipinski definition) is 1. The van der Waals surface area contributed by atoms with Crippen LogP contribution >= 0.6 is 11.3 Å². The summed E-state index contributed by atoms with van der Waals surface area (Å²) in [5.74, 6) is 0.306. The van der Waals surface area contributed by atoms with Gasteiger partial charge in [0.25, 0.3) is 0 Å². The summed E-state index contributed by atoms with van der Waals surface area (Å²) in [4.78, 5) is 27.4. The van der Waals surface area contributed by atoms with Crippen LogP contribution in [0.2, 0.25) is 0 Å². The minimum Gasteiger partial charge on any atom is -0.508 e. The number of carbonyl (C=O) groups is 2. The van der Waals surface area contributed by atoms with Gasteiger partial charge in [-0.25, -0.2) is 0 Å². The van der Waals surface area contributed by atoms with Crippen molar-refractivity contribution in [3.63, 3.8) is 0 Å². The molecule has 0 spiro atoms. The monoisotopic (exact) mass is 329 g/mol. The number of phenolic OH excluding ortho intramolecular Hbond substituents is 1. The van der Waals surface area contributed by atoms with Crippen LogP contribution in [0.15, 0.2) is 41.8 Å². The van der Waals surface area contributed by atoms with Crippen LogP contribution < -0.4 is 0 Å². The topological polar surface area (TPSA) is 57.6 Å². The number of rotatable bonds is 5. The number of ketones is 1. The van der Waals surface area contributed by atoms with Crippen LogP contribution in [0.3, 0.4) is 0 Å². The van der Waals surface area contributed by atoms with Gasteiger partial charge in [0.2, 0.25) is 5.91 Å². The second-order valence-corrected chi connectivity index (χ2v) is 6.78. The minimum absolute atomic E-state index is 0.00518. The van der Waals surface area contributed by atoms with Crippen LogP contribution in [0.25, 0.3) is 0 Å². The van der Waals surface area contributed by atoms with E-state index < -0.39 is 0 Å². The third-order valence-corrected chi connectivity index (χ3v) is 5.09. The summed E-state index contributed by atoms with van der Waals surface area (Å²) in [5.41, 5.74) is 0.797. The highest BCUT2D eigenvalue weighted by atomic mass is 32.1. The normalized spacial score (nSPS) is 17.4. The zero-order chi connectivity index (χ0) is 16.2. The molecule has 1 atom stereocenters. The van der Waals surface area contributed by atoms with Gasteiger partial charge < -0.3 is 10.0 Å². The molecule has 1 amide bonds. The van der Waals surface area contributed by atoms with Gasteiger partial charge in [-0.2, -0.15) is 0 Å². The molecule has 1 aromatic carbocycles. The van der Waals surface area contributed by atoms with Crippen LogP contribution in [-0.4, -0.2) is 34.3 Å². The van der Waals surface area contributed by atoms with Crippen LogP contribution in [-0.2, 0) is 11.2 Å². The lowest BCUT2D eigenvalue weighted by Crippen LogP contribution is -2.37. The van der Waals surface area contributed by atoms with Gasteiger partial charge in [0.1, 0.15) is 5.75 Å². The predicted octanol–water partition coefficient (Wildman–Crippen LogP) is 3.26. The number of likely N-dealkylation sites (tertiary alicyclic amines) is 1. The van der Waals surface area contributed by atoms with E-state index in [2.05, 4.69) is 0 Å². The fraction of sp³-hybridized carbons (Fsp3) is 0.333. The van der Waals surface area contributed by atoms with Gasteiger partial charge in [0, 0.05) is 19.0 Å². The zero-order valence-corrected chi connectivity index (χ0v) is 13.6. The predicted molar refractivity (Wildman–Crippen MR) is 89.8 cm³/mol. The number of hydrogen-bond acceptors (Lipinski definition) is 4. The number of carbonyl (C=O) groups excluding carboxylic acids is 2. The second-order valence-electron chi connectivity index (χ2n) is 5.83. The smallest absolute Gasteiger partial charge is 0.227 e. The van der Waals surface area contributed by atoms with Crippen molar-refractivity contribution in [1.29, 1.82) is 0 Å². The summed E-state index contributed by atoms with van der Waals surface area (Å²) in [5, 5.41) is 11.4. The molecule has 2 heterocycles. The Hall–Kier alpha value is -2.14. The van der Waals surface area contributed by atoms with Crippen molar-refractivity contribution in [1.82, 2.24) is 4.90 Å². The van der Waals surface area contributed by atoms with Crippen molar-refractivity contribution >= 4 is 23.0 Å². The van der Waals surface area contributed by atoms with Crippen molar-refractivity contribution < 1.29 is 14.7 Å². The lowest BCUT2D eigenvalue weighted by Gasteiger charge is -2.24. The summed E-state index contributed by atoms with van der Waals surface area (Å²) in [6.45, 7) is 0.708. The first-order chi connectivity index (χ1) is 11.1. The van der Waals surface area contributed by atoms with Gasteiger partial charge >= 0.3 is 0 Å². The maximum atomic E-state index is 12.5. The molecule has 120 valence electrons. The summed E-state index contributed by atoms with van der Waals surface area (Å²) in [7, 11) is 0. The molecule has 1 saturated heterocycles. The summed E-state index contributed by atoms with van der Waals surface area (Å²) in [6.07, 6.45) is 2.47. The molecule has 1 unspecified atom stereocenters. The van der Waals surface area contributed by atoms with E-state index in [1.54, 1.807) is 18.2 Å². The molecule has 2 aromatic rings. The minimum atomic E-state index is -0.00518. The first kappa shape index (κ1) is 15.7. The largest absolute Gasteiger partial charge is 0.508 e. The first-order valence-corrected chi connectivity index (χ1v) is 8.65. The van der Waals surface area contributed by atoms with Crippen LogP contribution in [0.1, 0.15) is 34.5 Å². The summed E-state index contributed by atoms with van der Waals surface area (Å²) in [6, 6.07) is 10.5. The highest BCUT2D eigenvalue weighted by Crippen LogP contribution is 2.24. The molecule has 0 bridgehead atoms. The Morgan fingerprint density at radius 1 is 1.26 bits per heavy atom. The standard InChI is InChI=1S/C18H19NO3S/c20-15-6-1-4-13(10-15)11-18(22)19-8-2-5-14(19)12-16(21)17-7-3-9-23-17/h1,3-4,6-7,9-10,14,20H,2,5,8,11-12H2. The summed E-state index contributed by atoms with van der Waals surface area (Å²) < 4.78 is 0. The van der Waals surface area contributed by atoms with Crippen molar-refractivity contribution in [3.05, 3.63) is 52.2 Å². The molecule has 1 N–H and O–H groups in total. The molecule has 1 aliphatic rings. The quantitative estimate of drug-likeness (QED) is 0.857. The number of benzene rings is 1. The van der Waals surface area contributed by atoms with E-state index in [0.29, 0.717) is 13.0 Å². The average molecular weight is 329 g/mol. The van der Waals surface area contributed by atoms with Crippen LogP contribution in [0, 0.1) is 0 Å². The van der Waals surface area contributed by atoms with E-state index in [1.807, 2.05) is 28.5 Å². The number of Topliss-reactive ketones (excluding diaryl/α,β-unsaturated/α-hetero) is 1. The molecular formula is C18H19NO3S. The summed E-state index contributed by atoms with van der Waals surface area (Å²) >= 11 is 1.45. The Balaban J connectivity index is 1.64. The zero-order valence-electron chi connectivity index (χ0n) is 12.8. The lowest BCUT2D eigenvalue weighted by atomic mass is 10.1. The highest BCUT2D eigenvalue weighted by molar-refractivity contribution is 7.12. The molecule has 4 nitrogen and oxygen atoms in total. The van der Waals surface area contributed by atoms with E-state index in [1.165, 1.54) is 11.3 Å². The molecule has 5 heteroatoms. The third kappa shape index (κ3) is 3.79. The number of amides is 1. The number of thiophene rings is 1. The Morgan fingerprint density at radius 2 is 2.13 bits per heavy atom. The van der Waals surface area contributed by atoms with E-state index in [0.717, 1.165) is 23.3 Å². The number of aromatic hydroxyl groups is 1. The molecule has 3 rings (SSSR count). The van der Waals surface area contributed by atoms with Crippen molar-refractivity contribution in [2.45, 2.75) is 31.7 Å². The van der Waals surface area contributed by atoms with Crippen LogP contribution in [0.4, 0.5) is 0 Å². The maximum absolute atomic E-state index is 12.5. The van der Waals surface area contributed by atoms with Crippen molar-refractivity contribution in [3.8, 4) is 5.75 Å². The fourth-order valence-corrected chi connectivity index (χ4v) is 3.75. The molecule has 1 aromatic heterocycles. The van der Waals surface area contributed by atoms with E-state index in [-0.39, 0.29) is 29.9 Å². The Kier molecular flexibility index (Phi) is 4.76. The molecule has 1 fully saturated rings. The van der Waals surface area contributed by atoms with Gasteiger partial charge in [-0.15, -0.1) is 11.3 Å². The van der Waals surface area contributed by atoms with Crippen molar-refractivity contribution in [2.24, 2.45) is 0 Å². The molecule has 1 aliphatic heterocycles. The Morgan fingerprint density at radius 3 is 2.87 bits per heavy atom. The molecule has 0 radical (unpaired) electrons. The number of phenols is 1. The van der Waals surface area contributed by atoms with Crippen LogP contribution in [0.5, 0.6) is 5.75 Å². The van der Waals surface area contributed by atoms with Gasteiger partial charge in [0.15, 0.2) is 5.78 Å². The van der Waals surface area contributed by atoms with Crippen molar-refractivity contribution in [2.75, 3.05) is 6.54 Å². The molecular weight excluding hydrogens is 310 g/mol. The molecule has 23 heavy (non-hydrogen) atoms. The van der Waals surface area contributed by atoms with E-state index in [9.17, 15) is 14.7 Å². The highest BCUT2D eigenvalue weighted by Gasteiger charge is 2.30. The third-order valence-electron chi connectivity index (χ3n) is 4.18. The van der Waals surface area contributed by atoms with Gasteiger partial charge in [-0.05, 0) is 42.0 Å².